The van der Waals surface area contributed by atoms with Crippen LogP contribution >= 0.6 is 12.2 Å². The summed E-state index contributed by atoms with van der Waals surface area (Å²) in [6, 6.07) is 16.7. The van der Waals surface area contributed by atoms with Crippen molar-refractivity contribution >= 4 is 28.9 Å². The highest BCUT2D eigenvalue weighted by molar-refractivity contribution is 7.80. The van der Waals surface area contributed by atoms with Crippen LogP contribution in [-0.2, 0) is 4.79 Å². The molecule has 0 spiro atoms. The molecule has 7 heteroatoms. The minimum Gasteiger partial charge on any atom is -0.352 e. The van der Waals surface area contributed by atoms with Crippen molar-refractivity contribution < 1.29 is 4.79 Å². The van der Waals surface area contributed by atoms with Crippen LogP contribution in [0.2, 0.25) is 0 Å². The second kappa shape index (κ2) is 10.4. The third-order valence-corrected chi connectivity index (χ3v) is 8.00. The first kappa shape index (κ1) is 24.5. The standard InChI is InChI=1S/C29H35N5OS/c1-19-11-13-22(14-12-19)31-26(35)15-17-33-28(27(32-29(33)36)25-10-6-7-16-30-25)24-18-20(2)34(21(24)3)23-8-4-5-9-23/h6-7,10-14,16,18,23,27-28H,4-5,8-9,15,17H2,1-3H3,(H,31,35)(H,32,36)/t27-,28-/m0/s1. The molecule has 188 valence electrons. The van der Waals surface area contributed by atoms with Crippen LogP contribution in [0.5, 0.6) is 0 Å². The molecule has 2 aliphatic rings. The summed E-state index contributed by atoms with van der Waals surface area (Å²) >= 11 is 5.83. The van der Waals surface area contributed by atoms with E-state index in [1.165, 1.54) is 48.2 Å². The average Bonchev–Trinajstić information content (AvgIpc) is 3.58. The number of anilines is 1. The molecular formula is C29H35N5OS. The predicted molar refractivity (Wildman–Crippen MR) is 148 cm³/mol. The number of nitrogens with one attached hydrogen (secondary N) is 2. The molecule has 1 aliphatic carbocycles. The normalized spacial score (nSPS) is 20.1. The number of hydrogen-bond acceptors (Lipinski definition) is 3. The number of carbonyl (C=O) groups excluding carboxylic acids is 1. The van der Waals surface area contributed by atoms with E-state index in [4.69, 9.17) is 12.2 Å². The van der Waals surface area contributed by atoms with E-state index < -0.39 is 0 Å². The molecule has 1 aromatic carbocycles. The number of amides is 1. The van der Waals surface area contributed by atoms with Crippen LogP contribution < -0.4 is 10.6 Å². The minimum atomic E-state index is -0.0728. The molecule has 2 aromatic heterocycles. The minimum absolute atomic E-state index is 0.0156. The zero-order chi connectivity index (χ0) is 25.2. The molecule has 6 nitrogen and oxygen atoms in total. The number of rotatable bonds is 7. The van der Waals surface area contributed by atoms with Gasteiger partial charge in [0.1, 0.15) is 0 Å². The highest BCUT2D eigenvalue weighted by Gasteiger charge is 2.41. The maximum Gasteiger partial charge on any atom is 0.226 e. The topological polar surface area (TPSA) is 62.2 Å². The van der Waals surface area contributed by atoms with Gasteiger partial charge in [0.05, 0.1) is 17.8 Å². The molecule has 1 aliphatic heterocycles. The van der Waals surface area contributed by atoms with E-state index in [1.807, 2.05) is 49.5 Å². The molecule has 0 radical (unpaired) electrons. The SMILES string of the molecule is Cc1ccc(NC(=O)CCN2C(=S)N[C@@H](c3ccccn3)[C@@H]2c2cc(C)n(C3CCCC3)c2C)cc1. The molecule has 2 N–H and O–H groups in total. The van der Waals surface area contributed by atoms with Crippen molar-refractivity contribution in [3.8, 4) is 0 Å². The summed E-state index contributed by atoms with van der Waals surface area (Å²) < 4.78 is 2.53. The van der Waals surface area contributed by atoms with Gasteiger partial charge in [-0.2, -0.15) is 0 Å². The molecule has 1 amide bonds. The molecule has 3 aromatic rings. The van der Waals surface area contributed by atoms with E-state index in [9.17, 15) is 4.79 Å². The second-order valence-corrected chi connectivity index (χ2v) is 10.5. The second-order valence-electron chi connectivity index (χ2n) is 10.1. The maximum absolute atomic E-state index is 12.8. The van der Waals surface area contributed by atoms with Crippen LogP contribution in [0.25, 0.3) is 0 Å². The number of aryl methyl sites for hydroxylation is 2. The Bertz CT molecular complexity index is 1230. The Morgan fingerprint density at radius 1 is 1.11 bits per heavy atom. The fraction of sp³-hybridized carbons (Fsp3) is 0.414. The highest BCUT2D eigenvalue weighted by atomic mass is 32.1. The van der Waals surface area contributed by atoms with E-state index in [2.05, 4.69) is 51.1 Å². The number of pyridine rings is 1. The fourth-order valence-corrected chi connectivity index (χ4v) is 6.23. The van der Waals surface area contributed by atoms with Crippen molar-refractivity contribution in [3.05, 3.63) is 82.9 Å². The van der Waals surface area contributed by atoms with Crippen molar-refractivity contribution in [2.24, 2.45) is 0 Å². The van der Waals surface area contributed by atoms with Gasteiger partial charge in [0.2, 0.25) is 5.91 Å². The van der Waals surface area contributed by atoms with E-state index >= 15 is 0 Å². The van der Waals surface area contributed by atoms with Gasteiger partial charge in [0.25, 0.3) is 0 Å². The monoisotopic (exact) mass is 501 g/mol. The molecule has 1 saturated carbocycles. The van der Waals surface area contributed by atoms with Crippen LogP contribution in [0, 0.1) is 20.8 Å². The lowest BCUT2D eigenvalue weighted by atomic mass is 9.96. The summed E-state index contributed by atoms with van der Waals surface area (Å²) in [6.45, 7) is 7.02. The summed E-state index contributed by atoms with van der Waals surface area (Å²) in [4.78, 5) is 19.7. The van der Waals surface area contributed by atoms with Crippen molar-refractivity contribution in [3.63, 3.8) is 0 Å². The molecule has 0 bridgehead atoms. The fourth-order valence-electron chi connectivity index (χ4n) is 5.89. The number of nitrogens with zero attached hydrogens (tertiary/aromatic N) is 3. The number of benzene rings is 1. The smallest absolute Gasteiger partial charge is 0.226 e. The summed E-state index contributed by atoms with van der Waals surface area (Å²) in [7, 11) is 0. The lowest BCUT2D eigenvalue weighted by Gasteiger charge is -2.28. The molecule has 2 atom stereocenters. The summed E-state index contributed by atoms with van der Waals surface area (Å²) in [5.41, 5.74) is 6.80. The van der Waals surface area contributed by atoms with Gasteiger partial charge in [-0.05, 0) is 81.7 Å². The summed E-state index contributed by atoms with van der Waals surface area (Å²) in [6.07, 6.45) is 7.25. The lowest BCUT2D eigenvalue weighted by Crippen LogP contribution is -2.33. The van der Waals surface area contributed by atoms with Crippen LogP contribution in [0.4, 0.5) is 5.69 Å². The Morgan fingerprint density at radius 2 is 1.86 bits per heavy atom. The van der Waals surface area contributed by atoms with Crippen molar-refractivity contribution in [2.45, 2.75) is 71.0 Å². The van der Waals surface area contributed by atoms with Crippen molar-refractivity contribution in [1.29, 1.82) is 0 Å². The molecule has 0 unspecified atom stereocenters. The molecule has 2 fully saturated rings. The van der Waals surface area contributed by atoms with E-state index in [0.29, 0.717) is 24.1 Å². The number of hydrogen-bond donors (Lipinski definition) is 2. The third-order valence-electron chi connectivity index (χ3n) is 7.64. The lowest BCUT2D eigenvalue weighted by molar-refractivity contribution is -0.116. The number of thiocarbonyl (C=S) groups is 1. The van der Waals surface area contributed by atoms with Crippen LogP contribution in [-0.4, -0.2) is 32.0 Å². The zero-order valence-corrected chi connectivity index (χ0v) is 22.1. The largest absolute Gasteiger partial charge is 0.352 e. The maximum atomic E-state index is 12.8. The van der Waals surface area contributed by atoms with Gasteiger partial charge in [-0.1, -0.05) is 36.6 Å². The first-order valence-corrected chi connectivity index (χ1v) is 13.4. The number of aromatic nitrogens is 2. The average molecular weight is 502 g/mol. The van der Waals surface area contributed by atoms with Crippen LogP contribution in [0.3, 0.4) is 0 Å². The van der Waals surface area contributed by atoms with Gasteiger partial charge in [-0.15, -0.1) is 0 Å². The first-order valence-electron chi connectivity index (χ1n) is 13.0. The quantitative estimate of drug-likeness (QED) is 0.393. The van der Waals surface area contributed by atoms with Crippen LogP contribution in [0.15, 0.2) is 54.7 Å². The molecule has 5 rings (SSSR count). The Hall–Kier alpha value is -3.19. The summed E-state index contributed by atoms with van der Waals surface area (Å²) in [5, 5.41) is 7.22. The van der Waals surface area contributed by atoms with Crippen LogP contribution in [0.1, 0.15) is 78.4 Å². The van der Waals surface area contributed by atoms with Gasteiger partial charge in [-0.3, -0.25) is 9.78 Å². The van der Waals surface area contributed by atoms with Gasteiger partial charge in [0.15, 0.2) is 5.11 Å². The van der Waals surface area contributed by atoms with Gasteiger partial charge < -0.3 is 20.1 Å². The highest BCUT2D eigenvalue weighted by Crippen LogP contribution is 2.43. The third kappa shape index (κ3) is 4.89. The van der Waals surface area contributed by atoms with Gasteiger partial charge >= 0.3 is 0 Å². The van der Waals surface area contributed by atoms with Gasteiger partial charge in [-0.25, -0.2) is 0 Å². The Balaban J connectivity index is 1.42. The summed E-state index contributed by atoms with van der Waals surface area (Å²) in [5.74, 6) is -0.0156. The first-order chi connectivity index (χ1) is 17.4. The van der Waals surface area contributed by atoms with Crippen molar-refractivity contribution in [2.75, 3.05) is 11.9 Å². The Kier molecular flexibility index (Phi) is 7.10. The Labute approximate surface area is 219 Å². The predicted octanol–water partition coefficient (Wildman–Crippen LogP) is 5.92. The molecule has 1 saturated heterocycles. The Morgan fingerprint density at radius 3 is 2.56 bits per heavy atom. The van der Waals surface area contributed by atoms with E-state index in [1.54, 1.807) is 0 Å². The van der Waals surface area contributed by atoms with E-state index in [0.717, 1.165) is 11.4 Å². The van der Waals surface area contributed by atoms with Gasteiger partial charge in [0, 0.05) is 42.3 Å². The zero-order valence-electron chi connectivity index (χ0n) is 21.3. The number of carbonyl (C=O) groups is 1. The molecule has 36 heavy (non-hydrogen) atoms. The van der Waals surface area contributed by atoms with E-state index in [-0.39, 0.29) is 18.0 Å². The molecular weight excluding hydrogens is 466 g/mol. The van der Waals surface area contributed by atoms with Crippen molar-refractivity contribution in [1.82, 2.24) is 19.8 Å². The molecule has 3 heterocycles.